The number of fused-ring (bicyclic) bond motifs is 3. The summed E-state index contributed by atoms with van der Waals surface area (Å²) in [5, 5.41) is 25.7. The maximum atomic E-state index is 14.0. The smallest absolute Gasteiger partial charge is 0.317 e. The van der Waals surface area contributed by atoms with Gasteiger partial charge in [-0.3, -0.25) is 28.9 Å². The van der Waals surface area contributed by atoms with E-state index in [1.165, 1.54) is 19.0 Å². The predicted molar refractivity (Wildman–Crippen MR) is 145 cm³/mol. The van der Waals surface area contributed by atoms with Crippen LogP contribution in [0.1, 0.15) is 40.4 Å². The molecule has 1 aliphatic heterocycles. The first kappa shape index (κ1) is 29.8. The van der Waals surface area contributed by atoms with Crippen LogP contribution in [0.25, 0.3) is 0 Å². The number of rotatable bonds is 5. The van der Waals surface area contributed by atoms with Crippen molar-refractivity contribution in [1.29, 1.82) is 0 Å². The average Bonchev–Trinajstić information content (AvgIpc) is 2.94. The number of urea groups is 1. The van der Waals surface area contributed by atoms with E-state index >= 15 is 0 Å². The molecule has 1 aromatic rings. The molecule has 42 heavy (non-hydrogen) atoms. The molecule has 0 radical (unpaired) electrons. The molecule has 4 aliphatic rings. The van der Waals surface area contributed by atoms with Crippen LogP contribution in [0.5, 0.6) is 5.75 Å². The molecule has 6 atom stereocenters. The molecule has 3 amide bonds. The largest absolute Gasteiger partial charge is 0.507 e. The third kappa shape index (κ3) is 4.41. The number of aliphatic hydroxyl groups is 1. The number of aryl methyl sites for hydroxylation is 1. The van der Waals surface area contributed by atoms with E-state index in [4.69, 9.17) is 10.5 Å². The van der Waals surface area contributed by atoms with Gasteiger partial charge in [0.1, 0.15) is 5.75 Å². The van der Waals surface area contributed by atoms with Gasteiger partial charge in [-0.1, -0.05) is 13.0 Å². The molecule has 0 bridgehead atoms. The van der Waals surface area contributed by atoms with Gasteiger partial charge in [0.15, 0.2) is 34.7 Å². The van der Waals surface area contributed by atoms with Crippen molar-refractivity contribution in [2.45, 2.75) is 44.4 Å². The molecule has 1 aromatic carbocycles. The zero-order valence-corrected chi connectivity index (χ0v) is 23.8. The Morgan fingerprint density at radius 2 is 1.81 bits per heavy atom. The van der Waals surface area contributed by atoms with Crippen molar-refractivity contribution in [2.24, 2.45) is 29.4 Å². The fourth-order valence-electron chi connectivity index (χ4n) is 7.29. The number of ketones is 4. The first-order valence-electron chi connectivity index (χ1n) is 14.2. The molecule has 226 valence electrons. The van der Waals surface area contributed by atoms with E-state index < -0.39 is 64.4 Å². The molecular formula is C29H36N4O9. The second kappa shape index (κ2) is 10.9. The van der Waals surface area contributed by atoms with Gasteiger partial charge >= 0.3 is 6.03 Å². The van der Waals surface area contributed by atoms with Gasteiger partial charge in [0.2, 0.25) is 5.91 Å². The zero-order chi connectivity index (χ0) is 30.7. The van der Waals surface area contributed by atoms with Crippen molar-refractivity contribution >= 4 is 35.1 Å². The Kier molecular flexibility index (Phi) is 7.71. The van der Waals surface area contributed by atoms with E-state index in [0.717, 1.165) is 0 Å². The zero-order valence-electron chi connectivity index (χ0n) is 23.8. The molecule has 3 fully saturated rings. The number of morpholine rings is 1. The summed E-state index contributed by atoms with van der Waals surface area (Å²) in [5.74, 6) is -10.9. The third-order valence-corrected chi connectivity index (χ3v) is 9.34. The summed E-state index contributed by atoms with van der Waals surface area (Å²) in [5.41, 5.74) is 4.04. The van der Waals surface area contributed by atoms with Gasteiger partial charge < -0.3 is 30.9 Å². The number of ether oxygens (including phenoxy) is 1. The number of nitrogens with two attached hydrogens (primary N) is 1. The Morgan fingerprint density at radius 3 is 2.40 bits per heavy atom. The van der Waals surface area contributed by atoms with E-state index in [9.17, 15) is 39.0 Å². The van der Waals surface area contributed by atoms with Crippen molar-refractivity contribution in [3.05, 3.63) is 28.3 Å². The van der Waals surface area contributed by atoms with Crippen molar-refractivity contribution in [3.63, 3.8) is 0 Å². The van der Waals surface area contributed by atoms with Crippen LogP contribution in [-0.4, -0.2) is 107 Å². The van der Waals surface area contributed by atoms with Crippen LogP contribution >= 0.6 is 0 Å². The third-order valence-electron chi connectivity index (χ3n) is 9.34. The van der Waals surface area contributed by atoms with Crippen molar-refractivity contribution in [2.75, 3.05) is 40.4 Å². The highest BCUT2D eigenvalue weighted by Gasteiger charge is 2.69. The number of carbonyl (C=O) groups is 6. The second-order valence-corrected chi connectivity index (χ2v) is 11.8. The number of amides is 3. The van der Waals surface area contributed by atoms with Crippen molar-refractivity contribution in [1.82, 2.24) is 15.1 Å². The molecule has 2 saturated carbocycles. The molecule has 1 heterocycles. The minimum absolute atomic E-state index is 0.0419. The fourth-order valence-corrected chi connectivity index (χ4v) is 7.29. The van der Waals surface area contributed by atoms with E-state index in [1.54, 1.807) is 17.9 Å². The van der Waals surface area contributed by atoms with Gasteiger partial charge in [-0.15, -0.1) is 0 Å². The van der Waals surface area contributed by atoms with E-state index in [0.29, 0.717) is 49.4 Å². The van der Waals surface area contributed by atoms with E-state index in [1.807, 2.05) is 0 Å². The number of likely N-dealkylation sites (N-methyl/N-ethyl adjacent to an activating group) is 1. The number of nitrogens with one attached hydrogen (secondary N) is 1. The van der Waals surface area contributed by atoms with Crippen molar-refractivity contribution in [3.8, 4) is 5.75 Å². The van der Waals surface area contributed by atoms with Crippen LogP contribution in [-0.2, 0) is 43.3 Å². The topological polar surface area (TPSA) is 197 Å². The summed E-state index contributed by atoms with van der Waals surface area (Å²) in [6, 6.07) is 0.263. The van der Waals surface area contributed by atoms with Gasteiger partial charge in [0.25, 0.3) is 0 Å². The number of carbonyl (C=O) groups excluding carboxylic acids is 6. The van der Waals surface area contributed by atoms with Crippen molar-refractivity contribution < 1.29 is 43.7 Å². The highest BCUT2D eigenvalue weighted by atomic mass is 16.5. The Labute approximate surface area is 242 Å². The van der Waals surface area contributed by atoms with Gasteiger partial charge in [-0.25, -0.2) is 4.79 Å². The van der Waals surface area contributed by atoms with Crippen LogP contribution < -0.4 is 11.1 Å². The monoisotopic (exact) mass is 584 g/mol. The Morgan fingerprint density at radius 1 is 1.14 bits per heavy atom. The predicted octanol–water partition coefficient (Wildman–Crippen LogP) is -1.03. The summed E-state index contributed by atoms with van der Waals surface area (Å²) < 4.78 is 5.30. The van der Waals surface area contributed by atoms with Gasteiger partial charge in [-0.2, -0.15) is 0 Å². The van der Waals surface area contributed by atoms with Crippen LogP contribution in [0.15, 0.2) is 6.07 Å². The first-order valence-corrected chi connectivity index (χ1v) is 14.2. The molecule has 1 saturated heterocycles. The number of hydrogen-bond acceptors (Lipinski definition) is 10. The lowest BCUT2D eigenvalue weighted by Gasteiger charge is -2.52. The van der Waals surface area contributed by atoms with Crippen LogP contribution in [0, 0.1) is 23.7 Å². The van der Waals surface area contributed by atoms with E-state index in [2.05, 4.69) is 5.32 Å². The molecular weight excluding hydrogens is 548 g/mol. The molecule has 13 nitrogen and oxygen atoms in total. The highest BCUT2D eigenvalue weighted by molar-refractivity contribution is 6.32. The minimum atomic E-state index is -2.77. The Hall–Kier alpha value is -3.68. The molecule has 5 N–H and O–H groups in total. The number of Topliss-reactive ketones (excluding diaryl/α,β-unsaturated/α-hetero) is 4. The number of primary amides is 1. The Balaban J connectivity index is 1.55. The number of aromatic hydroxyl groups is 1. The lowest BCUT2D eigenvalue weighted by atomic mass is 9.52. The van der Waals surface area contributed by atoms with Crippen LogP contribution in [0.2, 0.25) is 0 Å². The van der Waals surface area contributed by atoms with Crippen LogP contribution in [0.4, 0.5) is 4.79 Å². The second-order valence-electron chi connectivity index (χ2n) is 11.8. The lowest BCUT2D eigenvalue weighted by Crippen LogP contribution is -2.74. The average molecular weight is 585 g/mol. The summed E-state index contributed by atoms with van der Waals surface area (Å²) in [7, 11) is 3.07. The number of phenolic OH excluding ortho intramolecular Hbond substituents is 1. The normalized spacial score (nSPS) is 31.0. The molecule has 0 aromatic heterocycles. The molecule has 13 heteroatoms. The van der Waals surface area contributed by atoms with E-state index in [-0.39, 0.29) is 36.7 Å². The summed E-state index contributed by atoms with van der Waals surface area (Å²) >= 11 is 0. The number of phenols is 1. The molecule has 5 rings (SSSR count). The highest BCUT2D eigenvalue weighted by Crippen LogP contribution is 2.51. The van der Waals surface area contributed by atoms with Gasteiger partial charge in [0.05, 0.1) is 30.7 Å². The SMILES string of the molecule is CCc1cc(CNC(=O)N2CCOCC2)c2c(c1O)C(=O)C1C(=O)C3(O)C(=O)C(C(N)=O)C(=O)C(N(C)C)C3CC1C2. The van der Waals surface area contributed by atoms with Gasteiger partial charge in [-0.05, 0) is 56.0 Å². The molecule has 3 aliphatic carbocycles. The number of nitrogens with zero attached hydrogens (tertiary/aromatic N) is 2. The van der Waals surface area contributed by atoms with Crippen LogP contribution in [0.3, 0.4) is 0 Å². The minimum Gasteiger partial charge on any atom is -0.507 e. The fraction of sp³-hybridized carbons (Fsp3) is 0.586. The maximum Gasteiger partial charge on any atom is 0.317 e. The summed E-state index contributed by atoms with van der Waals surface area (Å²) in [4.78, 5) is 82.7. The number of benzene rings is 1. The summed E-state index contributed by atoms with van der Waals surface area (Å²) in [6.45, 7) is 3.59. The van der Waals surface area contributed by atoms with Gasteiger partial charge in [0, 0.05) is 25.6 Å². The lowest BCUT2D eigenvalue weighted by molar-refractivity contribution is -0.181. The summed E-state index contributed by atoms with van der Waals surface area (Å²) in [6.07, 6.45) is 0.447. The quantitative estimate of drug-likeness (QED) is 0.311. The first-order chi connectivity index (χ1) is 19.8. The maximum absolute atomic E-state index is 14.0. The Bertz CT molecular complexity index is 1390. The molecule has 6 unspecified atom stereocenters. The number of hydrogen-bond donors (Lipinski definition) is 4. The molecule has 0 spiro atoms. The standard InChI is InChI=1S/C29H36N4O9/c1-4-13-9-15(12-31-28(40)33-5-7-42-8-6-33)16-10-14-11-17-21(32(2)3)24(36)20(27(30)39)26(38)29(17,41)25(37)18(14)23(35)19(16)22(13)34/h9,14,17-18,20-21,34,41H,4-8,10-12H2,1-3H3,(H2,30,39)(H,31,40).